The Morgan fingerprint density at radius 3 is 2.69 bits per heavy atom. The van der Waals surface area contributed by atoms with Crippen molar-refractivity contribution in [3.63, 3.8) is 0 Å². The number of rotatable bonds is 10. The summed E-state index contributed by atoms with van der Waals surface area (Å²) < 4.78 is 31.2. The SMILES string of the molecule is COC(=O)c1ccc2nc(CN3CCC(n4ccc(OCc5ccc(C#N)cc5F)n4)CC3)n(Cc3cncn3C(C)C)c2c1. The minimum absolute atomic E-state index is 0.0348. The molecule has 0 atom stereocenters. The van der Waals surface area contributed by atoms with Gasteiger partial charge in [0.05, 0.1) is 66.5 Å². The molecule has 6 rings (SSSR count). The Bertz CT molecular complexity index is 1860. The Kier molecular flexibility index (Phi) is 8.62. The molecule has 0 radical (unpaired) electrons. The van der Waals surface area contributed by atoms with Crippen LogP contribution >= 0.6 is 0 Å². The third-order valence-electron chi connectivity index (χ3n) is 8.31. The van der Waals surface area contributed by atoms with Crippen LogP contribution in [-0.4, -0.2) is 60.0 Å². The zero-order chi connectivity index (χ0) is 31.5. The average Bonchev–Trinajstić information content (AvgIpc) is 3.80. The van der Waals surface area contributed by atoms with Gasteiger partial charge in [0.15, 0.2) is 0 Å². The lowest BCUT2D eigenvalue weighted by Gasteiger charge is -2.31. The quantitative estimate of drug-likeness (QED) is 0.196. The minimum Gasteiger partial charge on any atom is -0.472 e. The molecule has 12 heteroatoms. The number of aromatic nitrogens is 6. The van der Waals surface area contributed by atoms with Crippen molar-refractivity contribution in [2.75, 3.05) is 20.2 Å². The number of benzene rings is 2. The van der Waals surface area contributed by atoms with Crippen LogP contribution in [0.5, 0.6) is 5.88 Å². The molecule has 11 nitrogen and oxygen atoms in total. The molecule has 232 valence electrons. The number of nitriles is 1. The van der Waals surface area contributed by atoms with Crippen LogP contribution in [0, 0.1) is 17.1 Å². The van der Waals surface area contributed by atoms with Crippen LogP contribution in [0.15, 0.2) is 61.2 Å². The van der Waals surface area contributed by atoms with Crippen LogP contribution in [-0.2, 0) is 24.4 Å². The molecule has 45 heavy (non-hydrogen) atoms. The van der Waals surface area contributed by atoms with Crippen molar-refractivity contribution < 1.29 is 18.7 Å². The van der Waals surface area contributed by atoms with E-state index in [1.807, 2.05) is 41.6 Å². The Labute approximate surface area is 260 Å². The Morgan fingerprint density at radius 2 is 1.96 bits per heavy atom. The molecule has 2 aromatic carbocycles. The number of carbonyl (C=O) groups excluding carboxylic acids is 1. The van der Waals surface area contributed by atoms with Gasteiger partial charge >= 0.3 is 5.97 Å². The highest BCUT2D eigenvalue weighted by Crippen LogP contribution is 2.27. The number of nitrogens with zero attached hydrogens (tertiary/aromatic N) is 8. The summed E-state index contributed by atoms with van der Waals surface area (Å²) in [6.07, 6.45) is 7.44. The predicted molar refractivity (Wildman–Crippen MR) is 164 cm³/mol. The van der Waals surface area contributed by atoms with Crippen LogP contribution in [0.25, 0.3) is 11.0 Å². The fourth-order valence-electron chi connectivity index (χ4n) is 5.82. The molecule has 0 bridgehead atoms. The summed E-state index contributed by atoms with van der Waals surface area (Å²) in [6, 6.07) is 14.0. The number of carbonyl (C=O) groups is 1. The number of hydrogen-bond donors (Lipinski definition) is 0. The first-order valence-corrected chi connectivity index (χ1v) is 15.0. The van der Waals surface area contributed by atoms with Crippen molar-refractivity contribution in [3.05, 3.63) is 95.2 Å². The topological polar surface area (TPSA) is 116 Å². The molecule has 0 aliphatic carbocycles. The molecule has 0 amide bonds. The van der Waals surface area contributed by atoms with Gasteiger partial charge in [-0.25, -0.2) is 19.2 Å². The lowest BCUT2D eigenvalue weighted by Crippen LogP contribution is -2.35. The molecule has 3 aromatic heterocycles. The number of hydrogen-bond acceptors (Lipinski definition) is 8. The third kappa shape index (κ3) is 6.44. The number of methoxy groups -OCH3 is 1. The normalized spacial score (nSPS) is 14.2. The monoisotopic (exact) mass is 610 g/mol. The van der Waals surface area contributed by atoms with Gasteiger partial charge in [0, 0.05) is 43.2 Å². The van der Waals surface area contributed by atoms with E-state index in [1.54, 1.807) is 24.3 Å². The molecule has 4 heterocycles. The van der Waals surface area contributed by atoms with Gasteiger partial charge < -0.3 is 18.6 Å². The van der Waals surface area contributed by atoms with Crippen molar-refractivity contribution in [1.29, 1.82) is 5.26 Å². The van der Waals surface area contributed by atoms with E-state index in [-0.39, 0.29) is 30.2 Å². The molecular weight excluding hydrogens is 575 g/mol. The Hall–Kier alpha value is -5.02. The van der Waals surface area contributed by atoms with Crippen molar-refractivity contribution in [1.82, 2.24) is 33.8 Å². The first kappa shape index (κ1) is 30.0. The number of fused-ring (bicyclic) bond motifs is 1. The standard InChI is InChI=1S/C33H35FN8O3/c1-22(2)41-21-36-17-27(41)18-40-30-15-24(33(43)44-3)6-7-29(30)37-31(40)19-39-11-8-26(9-12-39)42-13-10-32(38-42)45-20-25-5-4-23(16-35)14-28(25)34/h4-7,10,13-15,17,21-22,26H,8-9,11-12,18-20H2,1-3H3. The highest BCUT2D eigenvalue weighted by molar-refractivity contribution is 5.93. The molecule has 0 saturated carbocycles. The summed E-state index contributed by atoms with van der Waals surface area (Å²) in [6.45, 7) is 7.24. The molecule has 0 spiro atoms. The Balaban J connectivity index is 1.14. The van der Waals surface area contributed by atoms with E-state index in [0.29, 0.717) is 30.1 Å². The van der Waals surface area contributed by atoms with Gasteiger partial charge in [-0.3, -0.25) is 9.58 Å². The number of piperidine rings is 1. The molecule has 1 aliphatic rings. The summed E-state index contributed by atoms with van der Waals surface area (Å²) in [5.41, 5.74) is 3.90. The van der Waals surface area contributed by atoms with Crippen LogP contribution in [0.2, 0.25) is 0 Å². The zero-order valence-corrected chi connectivity index (χ0v) is 25.6. The molecule has 1 saturated heterocycles. The number of halogens is 1. The summed E-state index contributed by atoms with van der Waals surface area (Å²) in [7, 11) is 1.38. The summed E-state index contributed by atoms with van der Waals surface area (Å²) >= 11 is 0. The van der Waals surface area contributed by atoms with E-state index in [0.717, 1.165) is 48.5 Å². The second-order valence-corrected chi connectivity index (χ2v) is 11.5. The van der Waals surface area contributed by atoms with Crippen LogP contribution in [0.1, 0.15) is 71.8 Å². The molecule has 0 unspecified atom stereocenters. The van der Waals surface area contributed by atoms with Gasteiger partial charge in [-0.1, -0.05) is 6.07 Å². The summed E-state index contributed by atoms with van der Waals surface area (Å²) in [5.74, 6) is 0.506. The second-order valence-electron chi connectivity index (χ2n) is 11.5. The summed E-state index contributed by atoms with van der Waals surface area (Å²) in [4.78, 5) is 24.1. The smallest absolute Gasteiger partial charge is 0.337 e. The number of imidazole rings is 2. The van der Waals surface area contributed by atoms with Gasteiger partial charge in [0.1, 0.15) is 18.2 Å². The average molecular weight is 611 g/mol. The lowest BCUT2D eigenvalue weighted by molar-refractivity contribution is 0.0601. The van der Waals surface area contributed by atoms with Crippen molar-refractivity contribution in [2.45, 2.75) is 58.5 Å². The summed E-state index contributed by atoms with van der Waals surface area (Å²) in [5, 5.41) is 13.5. The number of ether oxygens (including phenoxy) is 2. The van der Waals surface area contributed by atoms with E-state index in [4.69, 9.17) is 19.7 Å². The number of esters is 1. The molecular formula is C33H35FN8O3. The third-order valence-corrected chi connectivity index (χ3v) is 8.31. The predicted octanol–water partition coefficient (Wildman–Crippen LogP) is 5.27. The molecule has 5 aromatic rings. The Morgan fingerprint density at radius 1 is 1.13 bits per heavy atom. The van der Waals surface area contributed by atoms with E-state index >= 15 is 0 Å². The maximum absolute atomic E-state index is 14.2. The fourth-order valence-corrected chi connectivity index (χ4v) is 5.82. The minimum atomic E-state index is -0.469. The van der Waals surface area contributed by atoms with Gasteiger partial charge in [-0.05, 0) is 57.0 Å². The highest BCUT2D eigenvalue weighted by Gasteiger charge is 2.24. The van der Waals surface area contributed by atoms with Crippen LogP contribution < -0.4 is 4.74 Å². The van der Waals surface area contributed by atoms with Gasteiger partial charge in [0.25, 0.3) is 0 Å². The second kappa shape index (κ2) is 12.9. The van der Waals surface area contributed by atoms with E-state index < -0.39 is 5.82 Å². The van der Waals surface area contributed by atoms with Gasteiger partial charge in [0.2, 0.25) is 5.88 Å². The first-order chi connectivity index (χ1) is 21.8. The van der Waals surface area contributed by atoms with E-state index in [1.165, 1.54) is 13.2 Å². The highest BCUT2D eigenvalue weighted by atomic mass is 19.1. The van der Waals surface area contributed by atoms with Gasteiger partial charge in [-0.15, -0.1) is 5.10 Å². The first-order valence-electron chi connectivity index (χ1n) is 15.0. The molecule has 0 N–H and O–H groups in total. The van der Waals surface area contributed by atoms with Gasteiger partial charge in [-0.2, -0.15) is 5.26 Å². The molecule has 1 fully saturated rings. The van der Waals surface area contributed by atoms with Crippen LogP contribution in [0.4, 0.5) is 4.39 Å². The fraction of sp³-hybridized carbons (Fsp3) is 0.364. The van der Waals surface area contributed by atoms with Crippen molar-refractivity contribution in [3.8, 4) is 11.9 Å². The lowest BCUT2D eigenvalue weighted by atomic mass is 10.1. The van der Waals surface area contributed by atoms with Crippen molar-refractivity contribution in [2.24, 2.45) is 0 Å². The number of likely N-dealkylation sites (tertiary alicyclic amines) is 1. The van der Waals surface area contributed by atoms with E-state index in [9.17, 15) is 9.18 Å². The van der Waals surface area contributed by atoms with Crippen molar-refractivity contribution >= 4 is 17.0 Å². The zero-order valence-electron chi connectivity index (χ0n) is 25.6. The molecule has 1 aliphatic heterocycles. The largest absolute Gasteiger partial charge is 0.472 e. The maximum Gasteiger partial charge on any atom is 0.337 e. The van der Waals surface area contributed by atoms with E-state index in [2.05, 4.69) is 38.0 Å². The maximum atomic E-state index is 14.2. The van der Waals surface area contributed by atoms with Crippen LogP contribution in [0.3, 0.4) is 0 Å².